The van der Waals surface area contributed by atoms with Crippen LogP contribution in [-0.4, -0.2) is 4.57 Å². The fourth-order valence-corrected chi connectivity index (χ4v) is 10.1. The smallest absolute Gasteiger partial charge is 0.0714 e. The van der Waals surface area contributed by atoms with Gasteiger partial charge >= 0.3 is 0 Å². The molecule has 0 fully saturated rings. The van der Waals surface area contributed by atoms with E-state index in [9.17, 15) is 0 Å². The van der Waals surface area contributed by atoms with Crippen molar-refractivity contribution in [2.75, 3.05) is 0 Å². The topological polar surface area (TPSA) is 4.93 Å². The molecule has 1 heterocycles. The average Bonchev–Trinajstić information content (AvgIpc) is 3.78. The molecule has 1 aromatic heterocycles. The quantitative estimate of drug-likeness (QED) is 0.154. The highest BCUT2D eigenvalue weighted by molar-refractivity contribution is 6.09. The second kappa shape index (κ2) is 13.4. The Labute approximate surface area is 334 Å². The van der Waals surface area contributed by atoms with Gasteiger partial charge < -0.3 is 4.57 Å². The summed E-state index contributed by atoms with van der Waals surface area (Å²) in [5.41, 5.74) is 15.9. The maximum Gasteiger partial charge on any atom is 0.0714 e. The van der Waals surface area contributed by atoms with Crippen molar-refractivity contribution in [3.8, 4) is 16.8 Å². The lowest BCUT2D eigenvalue weighted by Crippen LogP contribution is -2.28. The summed E-state index contributed by atoms with van der Waals surface area (Å²) in [6, 6.07) is 74.5. The van der Waals surface area contributed by atoms with Crippen molar-refractivity contribution in [2.45, 2.75) is 23.7 Å². The highest BCUT2D eigenvalue weighted by Crippen LogP contribution is 2.56. The number of hydrogen-bond donors (Lipinski definition) is 0. The molecule has 8 aromatic carbocycles. The van der Waals surface area contributed by atoms with Crippen LogP contribution in [0.25, 0.3) is 38.6 Å². The van der Waals surface area contributed by atoms with Crippen molar-refractivity contribution in [1.29, 1.82) is 0 Å². The maximum atomic E-state index is 2.49. The molecule has 0 aliphatic heterocycles. The van der Waals surface area contributed by atoms with Gasteiger partial charge in [-0.15, -0.1) is 0 Å². The molecule has 11 rings (SSSR count). The van der Waals surface area contributed by atoms with Crippen LogP contribution in [0.2, 0.25) is 0 Å². The minimum absolute atomic E-state index is 0.275. The molecule has 1 heteroatoms. The van der Waals surface area contributed by atoms with Crippen LogP contribution < -0.4 is 0 Å². The lowest BCUT2D eigenvalue weighted by molar-refractivity contribution is 0.647. The standard InChI is InChI=1S/C56H41N/c1-5-18-40(19-6-1)36-41-20-17-25-44(37-41)55(34-15-4-16-35-55)45-30-33-54-50(38-45)49-27-12-14-29-53(49)57(54)46-31-32-48-47-26-11-13-28-51(47)56(52(48)39-46,42-21-7-2-8-22-42)43-23-9-3-10-24-43/h1-34,37-39H,35-36H2. The van der Waals surface area contributed by atoms with E-state index in [4.69, 9.17) is 0 Å². The first-order chi connectivity index (χ1) is 28.2. The highest BCUT2D eigenvalue weighted by Gasteiger charge is 2.46. The van der Waals surface area contributed by atoms with Crippen LogP contribution >= 0.6 is 0 Å². The Morgan fingerprint density at radius 2 is 1.05 bits per heavy atom. The third-order valence-corrected chi connectivity index (χ3v) is 12.6. The lowest BCUT2D eigenvalue weighted by atomic mass is 9.67. The number of benzene rings is 8. The van der Waals surface area contributed by atoms with E-state index in [-0.39, 0.29) is 5.41 Å². The summed E-state index contributed by atoms with van der Waals surface area (Å²) in [5.74, 6) is 0. The van der Waals surface area contributed by atoms with Gasteiger partial charge in [0.15, 0.2) is 0 Å². The third-order valence-electron chi connectivity index (χ3n) is 12.6. The van der Waals surface area contributed by atoms with Crippen molar-refractivity contribution in [2.24, 2.45) is 0 Å². The van der Waals surface area contributed by atoms with Crippen molar-refractivity contribution >= 4 is 21.8 Å². The zero-order chi connectivity index (χ0) is 37.8. The van der Waals surface area contributed by atoms with E-state index < -0.39 is 5.41 Å². The molecule has 1 atom stereocenters. The van der Waals surface area contributed by atoms with E-state index in [1.807, 2.05) is 0 Å². The van der Waals surface area contributed by atoms with Gasteiger partial charge in [-0.1, -0.05) is 194 Å². The Bertz CT molecular complexity index is 2960. The predicted octanol–water partition coefficient (Wildman–Crippen LogP) is 13.5. The molecule has 0 spiro atoms. The lowest BCUT2D eigenvalue weighted by Gasteiger charge is -2.34. The minimum atomic E-state index is -0.460. The fourth-order valence-electron chi connectivity index (χ4n) is 10.1. The van der Waals surface area contributed by atoms with Crippen molar-refractivity contribution in [3.05, 3.63) is 269 Å². The van der Waals surface area contributed by atoms with Gasteiger partial charge in [0, 0.05) is 21.9 Å². The van der Waals surface area contributed by atoms with Crippen LogP contribution in [0.15, 0.2) is 224 Å². The van der Waals surface area contributed by atoms with E-state index in [2.05, 4.69) is 229 Å². The second-order valence-electron chi connectivity index (χ2n) is 15.7. The van der Waals surface area contributed by atoms with Crippen LogP contribution in [0.4, 0.5) is 0 Å². The normalized spacial score (nSPS) is 16.5. The summed E-state index contributed by atoms with van der Waals surface area (Å²) in [7, 11) is 0. The zero-order valence-electron chi connectivity index (χ0n) is 31.7. The fraction of sp³-hybridized carbons (Fsp3) is 0.0714. The SMILES string of the molecule is C1=CCC(c2cccc(Cc3ccccc3)c2)(c2ccc3c(c2)c2ccccc2n3-c2ccc3c(c2)C(c2ccccc2)(c2ccccc2)c2ccccc2-3)C=C1. The summed E-state index contributed by atoms with van der Waals surface area (Å²) < 4.78 is 2.49. The first kappa shape index (κ1) is 33.4. The van der Waals surface area contributed by atoms with Crippen molar-refractivity contribution in [3.63, 3.8) is 0 Å². The van der Waals surface area contributed by atoms with E-state index in [1.165, 1.54) is 83.1 Å². The number of allylic oxidation sites excluding steroid dienone is 4. The summed E-state index contributed by atoms with van der Waals surface area (Å²) in [6.45, 7) is 0. The Morgan fingerprint density at radius 1 is 0.421 bits per heavy atom. The molecule has 0 saturated carbocycles. The Kier molecular flexibility index (Phi) is 7.82. The van der Waals surface area contributed by atoms with Crippen LogP contribution in [-0.2, 0) is 17.3 Å². The molecular weight excluding hydrogens is 687 g/mol. The number of hydrogen-bond acceptors (Lipinski definition) is 0. The van der Waals surface area contributed by atoms with Gasteiger partial charge in [-0.25, -0.2) is 0 Å². The van der Waals surface area contributed by atoms with Gasteiger partial charge in [-0.05, 0) is 98.8 Å². The first-order valence-electron chi connectivity index (χ1n) is 20.1. The third kappa shape index (κ3) is 5.16. The van der Waals surface area contributed by atoms with Gasteiger partial charge in [-0.3, -0.25) is 0 Å². The van der Waals surface area contributed by atoms with Gasteiger partial charge in [-0.2, -0.15) is 0 Å². The van der Waals surface area contributed by atoms with Crippen LogP contribution in [0.3, 0.4) is 0 Å². The molecule has 270 valence electrons. The molecule has 1 unspecified atom stereocenters. The molecule has 2 aliphatic rings. The second-order valence-corrected chi connectivity index (χ2v) is 15.7. The maximum absolute atomic E-state index is 2.49. The molecule has 9 aromatic rings. The van der Waals surface area contributed by atoms with Crippen molar-refractivity contribution in [1.82, 2.24) is 4.57 Å². The molecule has 57 heavy (non-hydrogen) atoms. The molecule has 0 N–H and O–H groups in total. The van der Waals surface area contributed by atoms with E-state index in [1.54, 1.807) is 0 Å². The molecular formula is C56H41N. The molecule has 2 aliphatic carbocycles. The van der Waals surface area contributed by atoms with Gasteiger partial charge in [0.25, 0.3) is 0 Å². The molecule has 0 saturated heterocycles. The molecule has 0 amide bonds. The average molecular weight is 728 g/mol. The van der Waals surface area contributed by atoms with E-state index in [0.29, 0.717) is 0 Å². The minimum Gasteiger partial charge on any atom is -0.309 e. The molecule has 0 radical (unpaired) electrons. The number of aromatic nitrogens is 1. The highest BCUT2D eigenvalue weighted by atomic mass is 15.0. The number of nitrogens with zero attached hydrogens (tertiary/aromatic N) is 1. The number of para-hydroxylation sites is 1. The van der Waals surface area contributed by atoms with E-state index in [0.717, 1.165) is 12.8 Å². The first-order valence-corrected chi connectivity index (χ1v) is 20.1. The summed E-state index contributed by atoms with van der Waals surface area (Å²) >= 11 is 0. The molecule has 0 bridgehead atoms. The molecule has 1 nitrogen and oxygen atoms in total. The Hall–Kier alpha value is -6.96. The predicted molar refractivity (Wildman–Crippen MR) is 237 cm³/mol. The summed E-state index contributed by atoms with van der Waals surface area (Å²) in [5, 5.41) is 2.53. The van der Waals surface area contributed by atoms with Gasteiger partial charge in [0.2, 0.25) is 0 Å². The van der Waals surface area contributed by atoms with Crippen LogP contribution in [0.5, 0.6) is 0 Å². The van der Waals surface area contributed by atoms with Crippen molar-refractivity contribution < 1.29 is 0 Å². The Balaban J connectivity index is 1.11. The van der Waals surface area contributed by atoms with E-state index >= 15 is 0 Å². The van der Waals surface area contributed by atoms with Gasteiger partial charge in [0.05, 0.1) is 16.4 Å². The largest absolute Gasteiger partial charge is 0.309 e. The number of rotatable bonds is 7. The van der Waals surface area contributed by atoms with Crippen LogP contribution in [0, 0.1) is 0 Å². The summed E-state index contributed by atoms with van der Waals surface area (Å²) in [4.78, 5) is 0. The summed E-state index contributed by atoms with van der Waals surface area (Å²) in [6.07, 6.45) is 11.0. The van der Waals surface area contributed by atoms with Crippen LogP contribution in [0.1, 0.15) is 50.9 Å². The monoisotopic (exact) mass is 727 g/mol. The van der Waals surface area contributed by atoms with Gasteiger partial charge in [0.1, 0.15) is 0 Å². The number of fused-ring (bicyclic) bond motifs is 6. The zero-order valence-corrected chi connectivity index (χ0v) is 31.7. The Morgan fingerprint density at radius 3 is 1.82 bits per heavy atom.